The van der Waals surface area contributed by atoms with Crippen LogP contribution in [-0.4, -0.2) is 24.8 Å². The van der Waals surface area contributed by atoms with E-state index in [2.05, 4.69) is 24.4 Å². The lowest BCUT2D eigenvalue weighted by Gasteiger charge is -2.14. The van der Waals surface area contributed by atoms with Crippen LogP contribution < -0.4 is 5.32 Å². The Hall–Kier alpha value is -0.860. The van der Waals surface area contributed by atoms with E-state index < -0.39 is 0 Å². The first kappa shape index (κ1) is 14.1. The smallest absolute Gasteiger partial charge is 0.0587 e. The van der Waals surface area contributed by atoms with Crippen LogP contribution in [0.5, 0.6) is 0 Å². The minimum atomic E-state index is 0.168. The number of rotatable bonds is 4. The van der Waals surface area contributed by atoms with Gasteiger partial charge in [-0.2, -0.15) is 0 Å². The van der Waals surface area contributed by atoms with Gasteiger partial charge >= 0.3 is 0 Å². The summed E-state index contributed by atoms with van der Waals surface area (Å²) >= 11 is 0. The summed E-state index contributed by atoms with van der Waals surface area (Å²) in [4.78, 5) is 0. The van der Waals surface area contributed by atoms with E-state index in [1.807, 2.05) is 33.0 Å². The average Bonchev–Trinajstić information content (AvgIpc) is 2.31. The van der Waals surface area contributed by atoms with Gasteiger partial charge in [0, 0.05) is 6.04 Å². The van der Waals surface area contributed by atoms with E-state index in [1.165, 1.54) is 11.1 Å². The molecular weight excluding hydrogens is 186 g/mol. The second-order valence-corrected chi connectivity index (χ2v) is 3.30. The fraction of sp³-hybridized carbons (Fsp3) is 0.538. The van der Waals surface area contributed by atoms with Crippen molar-refractivity contribution in [1.29, 1.82) is 0 Å². The van der Waals surface area contributed by atoms with Crippen LogP contribution in [0, 0.1) is 6.92 Å². The summed E-state index contributed by atoms with van der Waals surface area (Å²) in [6.45, 7) is 6.28. The maximum Gasteiger partial charge on any atom is 0.0587 e. The summed E-state index contributed by atoms with van der Waals surface area (Å²) in [5.41, 5.74) is 2.59. The molecule has 15 heavy (non-hydrogen) atoms. The third-order valence-corrected chi connectivity index (χ3v) is 2.36. The van der Waals surface area contributed by atoms with Gasteiger partial charge in [-0.1, -0.05) is 38.1 Å². The second kappa shape index (κ2) is 8.45. The third-order valence-electron chi connectivity index (χ3n) is 2.36. The van der Waals surface area contributed by atoms with Crippen molar-refractivity contribution < 1.29 is 5.11 Å². The van der Waals surface area contributed by atoms with Gasteiger partial charge in [0.25, 0.3) is 0 Å². The van der Waals surface area contributed by atoms with Crippen molar-refractivity contribution in [3.63, 3.8) is 0 Å². The number of nitrogens with one attached hydrogen (secondary N) is 1. The Labute approximate surface area is 93.3 Å². The van der Waals surface area contributed by atoms with E-state index in [0.717, 1.165) is 6.42 Å². The molecule has 0 heterocycles. The van der Waals surface area contributed by atoms with Gasteiger partial charge in [0.15, 0.2) is 0 Å². The van der Waals surface area contributed by atoms with Crippen molar-refractivity contribution in [1.82, 2.24) is 5.32 Å². The Morgan fingerprint density at radius 2 is 1.87 bits per heavy atom. The molecule has 1 rings (SSSR count). The molecule has 1 unspecified atom stereocenters. The standard InChI is InChI=1S/C11H17NO.C2H6/c1-9-5-3-4-6-10(9)7-11(8-13)12-2;1-2/h3-6,11-13H,7-8H2,1-2H3;1-2H3. The summed E-state index contributed by atoms with van der Waals surface area (Å²) in [5, 5.41) is 12.1. The molecular formula is C13H23NO. The molecule has 0 fully saturated rings. The number of likely N-dealkylation sites (N-methyl/N-ethyl adjacent to an activating group) is 1. The first-order valence-electron chi connectivity index (χ1n) is 5.60. The topological polar surface area (TPSA) is 32.3 Å². The van der Waals surface area contributed by atoms with Crippen LogP contribution >= 0.6 is 0 Å². The van der Waals surface area contributed by atoms with Gasteiger partial charge < -0.3 is 10.4 Å². The quantitative estimate of drug-likeness (QED) is 0.796. The number of aliphatic hydroxyl groups excluding tert-OH is 1. The van der Waals surface area contributed by atoms with Gasteiger partial charge in [-0.3, -0.25) is 0 Å². The molecule has 2 nitrogen and oxygen atoms in total. The van der Waals surface area contributed by atoms with Crippen molar-refractivity contribution >= 4 is 0 Å². The average molecular weight is 209 g/mol. The van der Waals surface area contributed by atoms with Crippen molar-refractivity contribution in [2.45, 2.75) is 33.2 Å². The predicted octanol–water partition coefficient (Wildman–Crippen LogP) is 2.14. The Bertz CT molecular complexity index is 256. The van der Waals surface area contributed by atoms with Crippen LogP contribution in [0.4, 0.5) is 0 Å². The van der Waals surface area contributed by atoms with Gasteiger partial charge in [0.05, 0.1) is 6.61 Å². The first-order chi connectivity index (χ1) is 7.27. The molecule has 0 aliphatic rings. The van der Waals surface area contributed by atoms with Gasteiger partial charge in [-0.25, -0.2) is 0 Å². The second-order valence-electron chi connectivity index (χ2n) is 3.30. The zero-order valence-corrected chi connectivity index (χ0v) is 10.2. The molecule has 0 aromatic heterocycles. The highest BCUT2D eigenvalue weighted by molar-refractivity contribution is 5.26. The largest absolute Gasteiger partial charge is 0.395 e. The molecule has 0 saturated heterocycles. The maximum atomic E-state index is 9.02. The Morgan fingerprint density at radius 1 is 1.27 bits per heavy atom. The molecule has 0 spiro atoms. The zero-order chi connectivity index (χ0) is 11.7. The molecule has 0 aliphatic heterocycles. The first-order valence-corrected chi connectivity index (χ1v) is 5.60. The lowest BCUT2D eigenvalue weighted by Crippen LogP contribution is -2.31. The van der Waals surface area contributed by atoms with Crippen LogP contribution in [0.1, 0.15) is 25.0 Å². The Morgan fingerprint density at radius 3 is 2.33 bits per heavy atom. The number of benzene rings is 1. The summed E-state index contributed by atoms with van der Waals surface area (Å²) in [7, 11) is 1.87. The minimum absolute atomic E-state index is 0.168. The lowest BCUT2D eigenvalue weighted by atomic mass is 10.0. The van der Waals surface area contributed by atoms with Crippen molar-refractivity contribution in [2.24, 2.45) is 0 Å². The third kappa shape index (κ3) is 4.96. The molecule has 1 aromatic rings. The van der Waals surface area contributed by atoms with Crippen LogP contribution in [0.15, 0.2) is 24.3 Å². The molecule has 2 heteroatoms. The van der Waals surface area contributed by atoms with Crippen molar-refractivity contribution in [2.75, 3.05) is 13.7 Å². The number of hydrogen-bond acceptors (Lipinski definition) is 2. The molecule has 0 bridgehead atoms. The van der Waals surface area contributed by atoms with E-state index in [4.69, 9.17) is 5.11 Å². The van der Waals surface area contributed by atoms with Crippen molar-refractivity contribution in [3.05, 3.63) is 35.4 Å². The Kier molecular flexibility index (Phi) is 7.96. The minimum Gasteiger partial charge on any atom is -0.395 e. The van der Waals surface area contributed by atoms with Crippen LogP contribution in [0.3, 0.4) is 0 Å². The normalized spacial score (nSPS) is 11.5. The number of aliphatic hydroxyl groups is 1. The van der Waals surface area contributed by atoms with Gasteiger partial charge in [0.2, 0.25) is 0 Å². The highest BCUT2D eigenvalue weighted by atomic mass is 16.3. The predicted molar refractivity (Wildman–Crippen MR) is 66.2 cm³/mol. The van der Waals surface area contributed by atoms with Crippen LogP contribution in [0.2, 0.25) is 0 Å². The highest BCUT2D eigenvalue weighted by Crippen LogP contribution is 2.09. The lowest BCUT2D eigenvalue weighted by molar-refractivity contribution is 0.248. The molecule has 1 aromatic carbocycles. The summed E-state index contributed by atoms with van der Waals surface area (Å²) in [6.07, 6.45) is 0.889. The molecule has 0 saturated carbocycles. The Balaban J connectivity index is 0.000000921. The van der Waals surface area contributed by atoms with E-state index >= 15 is 0 Å². The van der Waals surface area contributed by atoms with Gasteiger partial charge in [-0.05, 0) is 31.5 Å². The van der Waals surface area contributed by atoms with Crippen LogP contribution in [0.25, 0.3) is 0 Å². The van der Waals surface area contributed by atoms with Crippen molar-refractivity contribution in [3.8, 4) is 0 Å². The monoisotopic (exact) mass is 209 g/mol. The van der Waals surface area contributed by atoms with E-state index in [0.29, 0.717) is 0 Å². The van der Waals surface area contributed by atoms with E-state index in [9.17, 15) is 0 Å². The molecule has 86 valence electrons. The number of aryl methyl sites for hydroxylation is 1. The van der Waals surface area contributed by atoms with Gasteiger partial charge in [-0.15, -0.1) is 0 Å². The molecule has 0 aliphatic carbocycles. The molecule has 1 atom stereocenters. The van der Waals surface area contributed by atoms with E-state index in [-0.39, 0.29) is 12.6 Å². The SMILES string of the molecule is CC.CNC(CO)Cc1ccccc1C. The zero-order valence-electron chi connectivity index (χ0n) is 10.2. The summed E-state index contributed by atoms with van der Waals surface area (Å²) in [6, 6.07) is 8.44. The molecule has 0 amide bonds. The summed E-state index contributed by atoms with van der Waals surface area (Å²) < 4.78 is 0. The highest BCUT2D eigenvalue weighted by Gasteiger charge is 2.06. The maximum absolute atomic E-state index is 9.02. The summed E-state index contributed by atoms with van der Waals surface area (Å²) in [5.74, 6) is 0. The number of hydrogen-bond donors (Lipinski definition) is 2. The molecule has 2 N–H and O–H groups in total. The van der Waals surface area contributed by atoms with Crippen LogP contribution in [-0.2, 0) is 6.42 Å². The fourth-order valence-electron chi connectivity index (χ4n) is 1.36. The van der Waals surface area contributed by atoms with Gasteiger partial charge in [0.1, 0.15) is 0 Å². The fourth-order valence-corrected chi connectivity index (χ4v) is 1.36. The molecule has 0 radical (unpaired) electrons. The van der Waals surface area contributed by atoms with E-state index in [1.54, 1.807) is 0 Å².